The minimum Gasteiger partial charge on any atom is -0.508 e. The van der Waals surface area contributed by atoms with Crippen molar-refractivity contribution >= 4 is 57.7 Å². The second kappa shape index (κ2) is 17.6. The molecule has 1 aliphatic heterocycles. The van der Waals surface area contributed by atoms with Gasteiger partial charge in [-0.15, -0.1) is 34.0 Å². The summed E-state index contributed by atoms with van der Waals surface area (Å²) in [6.45, 7) is 0.119. The molecular formula is C32H39Br2N5O6. The number of benzene rings is 3. The number of aliphatic carboxylic acids is 1. The van der Waals surface area contributed by atoms with E-state index in [1.165, 1.54) is 17.0 Å². The normalized spacial score (nSPS) is 17.5. The topological polar surface area (TPSA) is 188 Å². The first-order valence-corrected chi connectivity index (χ1v) is 14.1. The number of nitrogens with zero attached hydrogens (tertiary/aromatic N) is 1. The number of nitrogens with one attached hydrogen (secondary N) is 2. The average molecular weight is 750 g/mol. The maximum absolute atomic E-state index is 13.6. The predicted octanol–water partition coefficient (Wildman–Crippen LogP) is 1.89. The summed E-state index contributed by atoms with van der Waals surface area (Å²) >= 11 is 0. The van der Waals surface area contributed by atoms with E-state index in [1.807, 2.05) is 12.1 Å². The van der Waals surface area contributed by atoms with Crippen molar-refractivity contribution in [3.8, 4) is 5.75 Å². The van der Waals surface area contributed by atoms with Crippen LogP contribution in [0.4, 0.5) is 0 Å². The number of carbonyl (C=O) groups is 4. The Morgan fingerprint density at radius 2 is 1.29 bits per heavy atom. The number of halogens is 2. The van der Waals surface area contributed by atoms with Gasteiger partial charge < -0.3 is 37.2 Å². The third kappa shape index (κ3) is 10.7. The van der Waals surface area contributed by atoms with Gasteiger partial charge in [0.25, 0.3) is 0 Å². The molecule has 0 radical (unpaired) electrons. The van der Waals surface area contributed by atoms with Gasteiger partial charge in [0, 0.05) is 25.4 Å². The van der Waals surface area contributed by atoms with Crippen LogP contribution in [0.25, 0.3) is 0 Å². The number of aromatic hydroxyl groups is 1. The minimum atomic E-state index is -1.22. The molecule has 1 heterocycles. The lowest BCUT2D eigenvalue weighted by Gasteiger charge is -2.28. The van der Waals surface area contributed by atoms with E-state index in [-0.39, 0.29) is 71.9 Å². The van der Waals surface area contributed by atoms with E-state index < -0.39 is 53.9 Å². The van der Waals surface area contributed by atoms with Gasteiger partial charge in [0.2, 0.25) is 17.7 Å². The molecule has 0 spiro atoms. The van der Waals surface area contributed by atoms with Gasteiger partial charge in [-0.3, -0.25) is 14.4 Å². The molecule has 45 heavy (non-hydrogen) atoms. The van der Waals surface area contributed by atoms with E-state index in [4.69, 9.17) is 11.5 Å². The summed E-state index contributed by atoms with van der Waals surface area (Å²) < 4.78 is 0. The summed E-state index contributed by atoms with van der Waals surface area (Å²) in [4.78, 5) is 53.8. The third-order valence-corrected chi connectivity index (χ3v) is 7.44. The van der Waals surface area contributed by atoms with Gasteiger partial charge in [-0.2, -0.15) is 0 Å². The van der Waals surface area contributed by atoms with E-state index in [0.29, 0.717) is 0 Å². The molecule has 1 aliphatic rings. The van der Waals surface area contributed by atoms with Crippen LogP contribution < -0.4 is 22.1 Å². The zero-order valence-corrected chi connectivity index (χ0v) is 27.9. The summed E-state index contributed by atoms with van der Waals surface area (Å²) in [6.07, 6.45) is 0.529. The van der Waals surface area contributed by atoms with E-state index in [9.17, 15) is 29.4 Å². The number of phenols is 1. The first kappa shape index (κ1) is 37.4. The molecule has 242 valence electrons. The number of rotatable bonds is 12. The lowest BCUT2D eigenvalue weighted by molar-refractivity contribution is -0.143. The SMILES string of the molecule is Br.Br.N[C@H]1C[C@@H](C(=O)N[C@H](Cc2ccccc2)C(=O)N[C@@H](Cc2ccccc2)C(=O)O)N(C(=O)[C@@H](N)Cc2ccc(O)cc2)C1. The van der Waals surface area contributed by atoms with Crippen molar-refractivity contribution in [1.82, 2.24) is 15.5 Å². The Bertz CT molecular complexity index is 1410. The van der Waals surface area contributed by atoms with Crippen molar-refractivity contribution in [3.05, 3.63) is 102 Å². The molecule has 0 aliphatic carbocycles. The maximum atomic E-state index is 13.6. The highest BCUT2D eigenvalue weighted by molar-refractivity contribution is 8.93. The van der Waals surface area contributed by atoms with E-state index >= 15 is 0 Å². The highest BCUT2D eigenvalue weighted by atomic mass is 79.9. The maximum Gasteiger partial charge on any atom is 0.326 e. The number of carboxylic acid groups (broad SMARTS) is 1. The number of likely N-dealkylation sites (tertiary alicyclic amines) is 1. The van der Waals surface area contributed by atoms with Crippen molar-refractivity contribution in [2.45, 2.75) is 55.9 Å². The van der Waals surface area contributed by atoms with Crippen molar-refractivity contribution in [2.75, 3.05) is 6.54 Å². The first-order chi connectivity index (χ1) is 20.6. The number of hydrogen-bond donors (Lipinski definition) is 6. The average Bonchev–Trinajstić information content (AvgIpc) is 3.39. The molecule has 4 rings (SSSR count). The van der Waals surface area contributed by atoms with Crippen LogP contribution in [0.3, 0.4) is 0 Å². The molecule has 3 amide bonds. The Morgan fingerprint density at radius 3 is 1.82 bits per heavy atom. The van der Waals surface area contributed by atoms with Crippen molar-refractivity contribution in [2.24, 2.45) is 11.5 Å². The molecule has 5 atom stereocenters. The molecule has 8 N–H and O–H groups in total. The summed E-state index contributed by atoms with van der Waals surface area (Å²) in [5.41, 5.74) is 14.6. The summed E-state index contributed by atoms with van der Waals surface area (Å²) in [7, 11) is 0. The van der Waals surface area contributed by atoms with Crippen molar-refractivity contribution in [3.63, 3.8) is 0 Å². The number of carboxylic acids is 1. The van der Waals surface area contributed by atoms with Gasteiger partial charge in [-0.25, -0.2) is 4.79 Å². The van der Waals surface area contributed by atoms with E-state index in [0.717, 1.165) is 16.7 Å². The molecule has 1 saturated heterocycles. The quantitative estimate of drug-likeness (QED) is 0.162. The lowest BCUT2D eigenvalue weighted by atomic mass is 10.0. The molecule has 11 nitrogen and oxygen atoms in total. The van der Waals surface area contributed by atoms with Gasteiger partial charge in [-0.1, -0.05) is 72.8 Å². The molecule has 1 fully saturated rings. The smallest absolute Gasteiger partial charge is 0.326 e. The van der Waals surface area contributed by atoms with Crippen LogP contribution in [0.2, 0.25) is 0 Å². The van der Waals surface area contributed by atoms with Gasteiger partial charge in [0.15, 0.2) is 0 Å². The summed E-state index contributed by atoms with van der Waals surface area (Å²) in [6, 6.07) is 19.5. The second-order valence-electron chi connectivity index (χ2n) is 10.8. The Morgan fingerprint density at radius 1 is 0.778 bits per heavy atom. The Balaban J connectivity index is 0.00000353. The van der Waals surface area contributed by atoms with E-state index in [1.54, 1.807) is 60.7 Å². The highest BCUT2D eigenvalue weighted by Crippen LogP contribution is 2.20. The molecular weight excluding hydrogens is 710 g/mol. The van der Waals surface area contributed by atoms with Crippen LogP contribution >= 0.6 is 34.0 Å². The molecule has 0 bridgehead atoms. The van der Waals surface area contributed by atoms with Crippen molar-refractivity contribution in [1.29, 1.82) is 0 Å². The summed E-state index contributed by atoms with van der Waals surface area (Å²) in [5, 5.41) is 24.7. The Kier molecular flexibility index (Phi) is 14.7. The standard InChI is InChI=1S/C32H37N5O6.2BrH/c33-23-18-28(37(19-23)31(41)25(34)15-22-11-13-24(38)14-12-22)30(40)35-26(16-20-7-3-1-4-8-20)29(39)36-27(32(42)43)17-21-9-5-2-6-10-21;;/h1-14,23,25-28,38H,15-19,33-34H2,(H,35,40)(H,36,39)(H,42,43);2*1H/t23-,25-,26+,27-,28-;;/m0../s1. The Labute approximate surface area is 282 Å². The number of amides is 3. The van der Waals surface area contributed by atoms with Crippen LogP contribution in [0, 0.1) is 0 Å². The molecule has 3 aromatic rings. The minimum absolute atomic E-state index is 0. The van der Waals surface area contributed by atoms with Crippen molar-refractivity contribution < 1.29 is 29.4 Å². The zero-order chi connectivity index (χ0) is 30.9. The van der Waals surface area contributed by atoms with Crippen LogP contribution in [0.1, 0.15) is 23.1 Å². The highest BCUT2D eigenvalue weighted by Gasteiger charge is 2.41. The lowest BCUT2D eigenvalue weighted by Crippen LogP contribution is -2.57. The molecule has 0 aromatic heterocycles. The van der Waals surface area contributed by atoms with Crippen LogP contribution in [0.15, 0.2) is 84.9 Å². The van der Waals surface area contributed by atoms with Gasteiger partial charge in [0.1, 0.15) is 23.9 Å². The number of hydrogen-bond acceptors (Lipinski definition) is 7. The fraction of sp³-hybridized carbons (Fsp3) is 0.312. The number of carbonyl (C=O) groups excluding carboxylic acids is 3. The molecule has 0 saturated carbocycles. The first-order valence-electron chi connectivity index (χ1n) is 14.1. The summed E-state index contributed by atoms with van der Waals surface area (Å²) in [5.74, 6) is -2.81. The monoisotopic (exact) mass is 747 g/mol. The van der Waals surface area contributed by atoms with Gasteiger partial charge >= 0.3 is 5.97 Å². The largest absolute Gasteiger partial charge is 0.508 e. The molecule has 0 unspecified atom stereocenters. The fourth-order valence-corrected chi connectivity index (χ4v) is 5.20. The van der Waals surface area contributed by atoms with Gasteiger partial charge in [-0.05, 0) is 41.7 Å². The Hall–Kier alpha value is -3.78. The molecule has 3 aromatic carbocycles. The second-order valence-corrected chi connectivity index (χ2v) is 10.8. The van der Waals surface area contributed by atoms with Crippen LogP contribution in [-0.2, 0) is 38.4 Å². The zero-order valence-electron chi connectivity index (χ0n) is 24.5. The predicted molar refractivity (Wildman–Crippen MR) is 180 cm³/mol. The van der Waals surface area contributed by atoms with E-state index in [2.05, 4.69) is 10.6 Å². The van der Waals surface area contributed by atoms with Gasteiger partial charge in [0.05, 0.1) is 6.04 Å². The van der Waals surface area contributed by atoms with Crippen LogP contribution in [-0.4, -0.2) is 75.6 Å². The third-order valence-electron chi connectivity index (χ3n) is 7.44. The number of phenolic OH excluding ortho intramolecular Hbond substituents is 1. The number of nitrogens with two attached hydrogens (primary N) is 2. The molecule has 13 heteroatoms. The fourth-order valence-electron chi connectivity index (χ4n) is 5.20. The van der Waals surface area contributed by atoms with Crippen LogP contribution in [0.5, 0.6) is 5.75 Å².